The Balaban J connectivity index is 1.58. The third kappa shape index (κ3) is 6.16. The van der Waals surface area contributed by atoms with E-state index in [0.717, 1.165) is 12.1 Å². The van der Waals surface area contributed by atoms with E-state index in [2.05, 4.69) is 5.18 Å². The number of ketones is 1. The number of nitroso groups, excluding NO2 is 1. The summed E-state index contributed by atoms with van der Waals surface area (Å²) in [6.45, 7) is 1.65. The van der Waals surface area contributed by atoms with Gasteiger partial charge in [0.2, 0.25) is 0 Å². The van der Waals surface area contributed by atoms with Gasteiger partial charge in [-0.15, -0.1) is 0 Å². The van der Waals surface area contributed by atoms with E-state index < -0.39 is 23.9 Å². The minimum Gasteiger partial charge on any atom is -0.488 e. The van der Waals surface area contributed by atoms with Crippen LogP contribution in [-0.4, -0.2) is 17.9 Å². The first-order valence-electron chi connectivity index (χ1n) is 9.79. The highest BCUT2D eigenvalue weighted by Gasteiger charge is 2.30. The molecule has 0 aliphatic carbocycles. The smallest absolute Gasteiger partial charge is 0.416 e. The molecule has 32 heavy (non-hydrogen) atoms. The first-order valence-corrected chi connectivity index (χ1v) is 9.79. The molecule has 0 fully saturated rings. The van der Waals surface area contributed by atoms with Crippen LogP contribution in [0.5, 0.6) is 17.2 Å². The van der Waals surface area contributed by atoms with Crippen LogP contribution in [0.15, 0.2) is 84.0 Å². The van der Waals surface area contributed by atoms with E-state index in [4.69, 9.17) is 9.47 Å². The molecular formula is C24H20F3NO4. The van der Waals surface area contributed by atoms with Gasteiger partial charge in [0.15, 0.2) is 5.78 Å². The third-order valence-electron chi connectivity index (χ3n) is 4.73. The molecule has 0 heterocycles. The van der Waals surface area contributed by atoms with Crippen LogP contribution < -0.4 is 9.47 Å². The lowest BCUT2D eigenvalue weighted by molar-refractivity contribution is -0.137. The lowest BCUT2D eigenvalue weighted by atomic mass is 10.0. The summed E-state index contributed by atoms with van der Waals surface area (Å²) < 4.78 is 49.2. The van der Waals surface area contributed by atoms with Gasteiger partial charge in [-0.05, 0) is 55.5 Å². The van der Waals surface area contributed by atoms with Gasteiger partial charge in [0.25, 0.3) is 0 Å². The second-order valence-electron chi connectivity index (χ2n) is 7.08. The monoisotopic (exact) mass is 443 g/mol. The van der Waals surface area contributed by atoms with E-state index in [1.165, 1.54) is 12.1 Å². The first kappa shape index (κ1) is 23.0. The summed E-state index contributed by atoms with van der Waals surface area (Å²) in [6, 6.07) is 18.5. The lowest BCUT2D eigenvalue weighted by Gasteiger charge is -2.19. The Labute approximate surface area is 182 Å². The number of benzene rings is 3. The molecule has 0 aliphatic rings. The fourth-order valence-corrected chi connectivity index (χ4v) is 2.95. The number of hydrogen-bond donors (Lipinski definition) is 0. The Hall–Kier alpha value is -3.68. The molecule has 0 aliphatic heterocycles. The van der Waals surface area contributed by atoms with E-state index in [1.54, 1.807) is 61.5 Å². The average Bonchev–Trinajstić information content (AvgIpc) is 2.79. The molecule has 3 aromatic rings. The van der Waals surface area contributed by atoms with Crippen molar-refractivity contribution in [2.75, 3.05) is 0 Å². The molecule has 3 aromatic carbocycles. The first-order chi connectivity index (χ1) is 15.3. The van der Waals surface area contributed by atoms with Gasteiger partial charge < -0.3 is 9.47 Å². The van der Waals surface area contributed by atoms with Crippen molar-refractivity contribution in [2.24, 2.45) is 5.18 Å². The van der Waals surface area contributed by atoms with Crippen molar-refractivity contribution in [2.45, 2.75) is 31.7 Å². The summed E-state index contributed by atoms with van der Waals surface area (Å²) >= 11 is 0. The summed E-state index contributed by atoms with van der Waals surface area (Å²) in [5.74, 6) is 0.878. The van der Waals surface area contributed by atoms with E-state index in [9.17, 15) is 22.9 Å². The van der Waals surface area contributed by atoms with E-state index in [-0.39, 0.29) is 18.0 Å². The minimum absolute atomic E-state index is 0.0796. The van der Waals surface area contributed by atoms with E-state index in [1.807, 2.05) is 0 Å². The van der Waals surface area contributed by atoms with Crippen molar-refractivity contribution in [3.63, 3.8) is 0 Å². The second-order valence-corrected chi connectivity index (χ2v) is 7.08. The highest BCUT2D eigenvalue weighted by Crippen LogP contribution is 2.31. The van der Waals surface area contributed by atoms with Crippen molar-refractivity contribution in [3.8, 4) is 17.2 Å². The second kappa shape index (κ2) is 10.1. The molecule has 0 amide bonds. The number of rotatable bonds is 9. The van der Waals surface area contributed by atoms with Crippen LogP contribution in [-0.2, 0) is 6.18 Å². The predicted molar refractivity (Wildman–Crippen MR) is 113 cm³/mol. The highest BCUT2D eigenvalue weighted by atomic mass is 19.4. The van der Waals surface area contributed by atoms with Gasteiger partial charge >= 0.3 is 6.18 Å². The molecule has 2 unspecified atom stereocenters. The molecule has 5 nitrogen and oxygen atoms in total. The van der Waals surface area contributed by atoms with Gasteiger partial charge in [0, 0.05) is 12.0 Å². The van der Waals surface area contributed by atoms with Crippen LogP contribution in [0.2, 0.25) is 0 Å². The number of Topliss-reactive ketones (excluding diaryl/α,β-unsaturated/α-hetero) is 1. The molecule has 0 radical (unpaired) electrons. The minimum atomic E-state index is -4.41. The van der Waals surface area contributed by atoms with Crippen molar-refractivity contribution in [1.82, 2.24) is 0 Å². The number of alkyl halides is 3. The molecule has 0 aromatic heterocycles. The van der Waals surface area contributed by atoms with Gasteiger partial charge in [-0.1, -0.05) is 35.5 Å². The average molecular weight is 443 g/mol. The Morgan fingerprint density at radius 2 is 1.41 bits per heavy atom. The standard InChI is InChI=1S/C24H20F3NO4/c1-16(22(28-30)15-23(29)17-5-3-2-4-6-17)31-19-11-13-21(14-12-19)32-20-9-7-18(8-10-20)24(25,26)27/h2-14,16,22H,15H2,1H3. The molecule has 0 saturated carbocycles. The van der Waals surface area contributed by atoms with Gasteiger partial charge in [0.05, 0.1) is 5.56 Å². The molecule has 2 atom stereocenters. The van der Waals surface area contributed by atoms with Crippen molar-refractivity contribution >= 4 is 5.78 Å². The number of nitrogens with zero attached hydrogens (tertiary/aromatic N) is 1. The van der Waals surface area contributed by atoms with Gasteiger partial charge in [-0.2, -0.15) is 18.1 Å². The normalized spacial score (nSPS) is 13.1. The van der Waals surface area contributed by atoms with Gasteiger partial charge in [-0.3, -0.25) is 4.79 Å². The molecular weight excluding hydrogens is 423 g/mol. The van der Waals surface area contributed by atoms with E-state index >= 15 is 0 Å². The summed E-state index contributed by atoms with van der Waals surface area (Å²) in [6.07, 6.45) is -5.14. The summed E-state index contributed by atoms with van der Waals surface area (Å²) in [5, 5.41) is 3.05. The van der Waals surface area contributed by atoms with E-state index in [0.29, 0.717) is 17.1 Å². The molecule has 0 saturated heterocycles. The zero-order valence-corrected chi connectivity index (χ0v) is 17.1. The Bertz CT molecular complexity index is 1040. The number of ether oxygens (including phenoxy) is 2. The predicted octanol–water partition coefficient (Wildman–Crippen LogP) is 6.67. The molecule has 8 heteroatoms. The van der Waals surface area contributed by atoms with Crippen molar-refractivity contribution < 1.29 is 27.4 Å². The Morgan fingerprint density at radius 1 is 0.875 bits per heavy atom. The Kier molecular flexibility index (Phi) is 7.25. The third-order valence-corrected chi connectivity index (χ3v) is 4.73. The van der Waals surface area contributed by atoms with Crippen molar-refractivity contribution in [3.05, 3.63) is 94.9 Å². The summed E-state index contributed by atoms with van der Waals surface area (Å²) in [7, 11) is 0. The Morgan fingerprint density at radius 3 is 1.94 bits per heavy atom. The molecule has 3 rings (SSSR count). The number of hydrogen-bond acceptors (Lipinski definition) is 5. The highest BCUT2D eigenvalue weighted by molar-refractivity contribution is 5.96. The number of carbonyl (C=O) groups excluding carboxylic acids is 1. The zero-order valence-electron chi connectivity index (χ0n) is 17.1. The SMILES string of the molecule is CC(Oc1ccc(Oc2ccc(C(F)(F)F)cc2)cc1)C(CC(=O)c1ccccc1)N=O. The topological polar surface area (TPSA) is 65.0 Å². The van der Waals surface area contributed by atoms with Gasteiger partial charge in [0.1, 0.15) is 29.4 Å². The lowest BCUT2D eigenvalue weighted by Crippen LogP contribution is -2.29. The van der Waals surface area contributed by atoms with Crippen LogP contribution in [0, 0.1) is 4.91 Å². The van der Waals surface area contributed by atoms with Crippen LogP contribution in [0.4, 0.5) is 13.2 Å². The fourth-order valence-electron chi connectivity index (χ4n) is 2.95. The molecule has 166 valence electrons. The largest absolute Gasteiger partial charge is 0.488 e. The number of halogens is 3. The zero-order chi connectivity index (χ0) is 23.1. The maximum absolute atomic E-state index is 12.6. The van der Waals surface area contributed by atoms with Crippen LogP contribution in [0.3, 0.4) is 0 Å². The van der Waals surface area contributed by atoms with Gasteiger partial charge in [-0.25, -0.2) is 0 Å². The maximum Gasteiger partial charge on any atom is 0.416 e. The molecule has 0 N–H and O–H groups in total. The summed E-state index contributed by atoms with van der Waals surface area (Å²) in [4.78, 5) is 23.6. The van der Waals surface area contributed by atoms with Crippen molar-refractivity contribution in [1.29, 1.82) is 0 Å². The van der Waals surface area contributed by atoms with Crippen LogP contribution in [0.1, 0.15) is 29.3 Å². The van der Waals surface area contributed by atoms with Crippen LogP contribution >= 0.6 is 0 Å². The fraction of sp³-hybridized carbons (Fsp3) is 0.208. The summed E-state index contributed by atoms with van der Waals surface area (Å²) in [5.41, 5.74) is -0.259. The maximum atomic E-state index is 12.6. The molecule has 0 bridgehead atoms. The molecule has 0 spiro atoms. The number of carbonyl (C=O) groups is 1. The van der Waals surface area contributed by atoms with Crippen LogP contribution in [0.25, 0.3) is 0 Å². The quantitative estimate of drug-likeness (QED) is 0.274.